The van der Waals surface area contributed by atoms with Crippen LogP contribution in [0.4, 0.5) is 23.7 Å². The van der Waals surface area contributed by atoms with Crippen molar-refractivity contribution in [1.29, 1.82) is 0 Å². The van der Waals surface area contributed by atoms with Crippen molar-refractivity contribution < 1.29 is 32.2 Å². The maximum Gasteiger partial charge on any atom is 0.422 e. The molecule has 0 radical (unpaired) electrons. The minimum Gasteiger partial charge on any atom is -0.455 e. The fourth-order valence-corrected chi connectivity index (χ4v) is 2.28. The highest BCUT2D eigenvalue weighted by molar-refractivity contribution is 6.31. The van der Waals surface area contributed by atoms with E-state index >= 15 is 0 Å². The van der Waals surface area contributed by atoms with E-state index in [1.807, 2.05) is 19.1 Å². The molecule has 0 saturated carbocycles. The molecule has 0 atom stereocenters. The smallest absolute Gasteiger partial charge is 0.422 e. The number of carbonyl (C=O) groups is 2. The van der Waals surface area contributed by atoms with Crippen LogP contribution in [0.1, 0.15) is 12.0 Å². The Bertz CT molecular complexity index is 858. The SMILES string of the molecule is Cc1ccc(Oc2ccc(Cl)cc2NC(=O)CCNC(=O)OCC(F)(F)F)cc1. The number of hydrogen-bond donors (Lipinski definition) is 2. The molecule has 0 saturated heterocycles. The molecule has 0 aliphatic heterocycles. The zero-order chi connectivity index (χ0) is 21.4. The van der Waals surface area contributed by atoms with Crippen LogP contribution >= 0.6 is 11.6 Å². The third-order valence-corrected chi connectivity index (χ3v) is 3.69. The Morgan fingerprint density at radius 1 is 1.10 bits per heavy atom. The number of amides is 2. The Labute approximate surface area is 169 Å². The van der Waals surface area contributed by atoms with Crippen LogP contribution in [0, 0.1) is 6.92 Å². The first-order valence-corrected chi connectivity index (χ1v) is 8.81. The Balaban J connectivity index is 1.90. The Morgan fingerprint density at radius 3 is 2.45 bits per heavy atom. The molecular weight excluding hydrogens is 413 g/mol. The van der Waals surface area contributed by atoms with Crippen molar-refractivity contribution in [3.63, 3.8) is 0 Å². The predicted octanol–water partition coefficient (Wildman–Crippen LogP) is 5.06. The topological polar surface area (TPSA) is 76.7 Å². The zero-order valence-electron chi connectivity index (χ0n) is 15.3. The molecule has 10 heteroatoms. The standard InChI is InChI=1S/C19H18ClF3N2O4/c1-12-2-5-14(6-3-12)29-16-7-4-13(20)10-15(16)25-17(26)8-9-24-18(27)28-11-19(21,22)23/h2-7,10H,8-9,11H2,1H3,(H,24,27)(H,25,26). The van der Waals surface area contributed by atoms with Gasteiger partial charge in [0.05, 0.1) is 5.69 Å². The fourth-order valence-electron chi connectivity index (χ4n) is 2.11. The molecular formula is C19H18ClF3N2O4. The minimum atomic E-state index is -4.62. The summed E-state index contributed by atoms with van der Waals surface area (Å²) in [6.07, 6.45) is -6.08. The molecule has 2 aromatic carbocycles. The quantitative estimate of drug-likeness (QED) is 0.644. The van der Waals surface area contributed by atoms with E-state index in [1.165, 1.54) is 6.07 Å². The number of rotatable bonds is 7. The van der Waals surface area contributed by atoms with Crippen molar-refractivity contribution >= 4 is 29.3 Å². The average molecular weight is 431 g/mol. The molecule has 2 amide bonds. The number of alkyl halides is 3. The largest absolute Gasteiger partial charge is 0.455 e. The lowest BCUT2D eigenvalue weighted by molar-refractivity contribution is -0.160. The number of halogens is 4. The lowest BCUT2D eigenvalue weighted by Gasteiger charge is -2.13. The maximum atomic E-state index is 12.1. The van der Waals surface area contributed by atoms with E-state index < -0.39 is 24.8 Å². The van der Waals surface area contributed by atoms with Crippen LogP contribution in [0.15, 0.2) is 42.5 Å². The van der Waals surface area contributed by atoms with Crippen molar-refractivity contribution in [2.75, 3.05) is 18.5 Å². The number of benzene rings is 2. The van der Waals surface area contributed by atoms with Gasteiger partial charge in [-0.3, -0.25) is 4.79 Å². The van der Waals surface area contributed by atoms with Crippen molar-refractivity contribution in [3.05, 3.63) is 53.1 Å². The van der Waals surface area contributed by atoms with Crippen LogP contribution in [0.2, 0.25) is 5.02 Å². The molecule has 156 valence electrons. The highest BCUT2D eigenvalue weighted by Crippen LogP contribution is 2.32. The van der Waals surface area contributed by atoms with E-state index in [4.69, 9.17) is 16.3 Å². The van der Waals surface area contributed by atoms with Crippen LogP contribution in [-0.2, 0) is 9.53 Å². The first-order chi connectivity index (χ1) is 13.6. The molecule has 0 unspecified atom stereocenters. The van der Waals surface area contributed by atoms with Gasteiger partial charge in [-0.25, -0.2) is 4.79 Å². The summed E-state index contributed by atoms with van der Waals surface area (Å²) in [5.74, 6) is 0.406. The average Bonchev–Trinajstić information content (AvgIpc) is 2.63. The Morgan fingerprint density at radius 2 is 1.79 bits per heavy atom. The van der Waals surface area contributed by atoms with Gasteiger partial charge in [0, 0.05) is 18.0 Å². The minimum absolute atomic E-state index is 0.197. The Kier molecular flexibility index (Phi) is 7.72. The first kappa shape index (κ1) is 22.4. The van der Waals surface area contributed by atoms with E-state index in [0.717, 1.165) is 5.56 Å². The van der Waals surface area contributed by atoms with Crippen molar-refractivity contribution in [2.24, 2.45) is 0 Å². The fraction of sp³-hybridized carbons (Fsp3) is 0.263. The van der Waals surface area contributed by atoms with Crippen molar-refractivity contribution in [3.8, 4) is 11.5 Å². The van der Waals surface area contributed by atoms with E-state index in [0.29, 0.717) is 22.2 Å². The van der Waals surface area contributed by atoms with Gasteiger partial charge in [-0.2, -0.15) is 13.2 Å². The predicted molar refractivity (Wildman–Crippen MR) is 101 cm³/mol. The molecule has 0 bridgehead atoms. The van der Waals surface area contributed by atoms with Crippen LogP contribution in [0.25, 0.3) is 0 Å². The second-order valence-electron chi connectivity index (χ2n) is 5.97. The highest BCUT2D eigenvalue weighted by Gasteiger charge is 2.29. The number of anilines is 1. The summed E-state index contributed by atoms with van der Waals surface area (Å²) in [4.78, 5) is 23.2. The van der Waals surface area contributed by atoms with Gasteiger partial charge in [0.15, 0.2) is 12.4 Å². The first-order valence-electron chi connectivity index (χ1n) is 8.44. The summed E-state index contributed by atoms with van der Waals surface area (Å²) >= 11 is 5.97. The van der Waals surface area contributed by atoms with E-state index in [1.54, 1.807) is 24.3 Å². The molecule has 0 spiro atoms. The van der Waals surface area contributed by atoms with Crippen molar-refractivity contribution in [1.82, 2.24) is 5.32 Å². The third kappa shape index (κ3) is 8.30. The third-order valence-electron chi connectivity index (χ3n) is 3.45. The molecule has 0 aliphatic carbocycles. The molecule has 0 aliphatic rings. The van der Waals surface area contributed by atoms with Gasteiger partial charge >= 0.3 is 12.3 Å². The normalized spacial score (nSPS) is 10.9. The Hall–Kier alpha value is -2.94. The summed E-state index contributed by atoms with van der Waals surface area (Å²) in [7, 11) is 0. The number of alkyl carbamates (subject to hydrolysis) is 1. The molecule has 0 heterocycles. The van der Waals surface area contributed by atoms with Gasteiger partial charge in [0.1, 0.15) is 5.75 Å². The summed E-state index contributed by atoms with van der Waals surface area (Å²) in [5.41, 5.74) is 1.37. The maximum absolute atomic E-state index is 12.1. The lowest BCUT2D eigenvalue weighted by Crippen LogP contribution is -2.31. The van der Waals surface area contributed by atoms with Gasteiger partial charge in [-0.1, -0.05) is 29.3 Å². The number of aryl methyl sites for hydroxylation is 1. The highest BCUT2D eigenvalue weighted by atomic mass is 35.5. The summed E-state index contributed by atoms with van der Waals surface area (Å²) < 4.78 is 45.6. The van der Waals surface area contributed by atoms with Crippen LogP contribution < -0.4 is 15.4 Å². The van der Waals surface area contributed by atoms with E-state index in [-0.39, 0.29) is 13.0 Å². The monoisotopic (exact) mass is 430 g/mol. The molecule has 0 aromatic heterocycles. The van der Waals surface area contributed by atoms with Gasteiger partial charge in [0.2, 0.25) is 5.91 Å². The van der Waals surface area contributed by atoms with E-state index in [2.05, 4.69) is 15.4 Å². The second-order valence-corrected chi connectivity index (χ2v) is 6.41. The van der Waals surface area contributed by atoms with E-state index in [9.17, 15) is 22.8 Å². The molecule has 2 N–H and O–H groups in total. The van der Waals surface area contributed by atoms with Crippen LogP contribution in [0.5, 0.6) is 11.5 Å². The zero-order valence-corrected chi connectivity index (χ0v) is 16.1. The number of nitrogens with one attached hydrogen (secondary N) is 2. The molecule has 2 aromatic rings. The number of hydrogen-bond acceptors (Lipinski definition) is 4. The van der Waals surface area contributed by atoms with Gasteiger partial charge in [-0.05, 0) is 37.3 Å². The molecule has 29 heavy (non-hydrogen) atoms. The number of carbonyl (C=O) groups excluding carboxylic acids is 2. The molecule has 2 rings (SSSR count). The summed E-state index contributed by atoms with van der Waals surface area (Å²) in [6.45, 7) is 0.0230. The lowest BCUT2D eigenvalue weighted by atomic mass is 10.2. The van der Waals surface area contributed by atoms with Gasteiger partial charge < -0.3 is 20.1 Å². The summed E-state index contributed by atoms with van der Waals surface area (Å²) in [6, 6.07) is 12.0. The molecule has 0 fully saturated rings. The second kappa shape index (κ2) is 10.0. The van der Waals surface area contributed by atoms with Gasteiger partial charge in [-0.15, -0.1) is 0 Å². The molecule has 6 nitrogen and oxygen atoms in total. The number of ether oxygens (including phenoxy) is 2. The van der Waals surface area contributed by atoms with Gasteiger partial charge in [0.25, 0.3) is 0 Å². The van der Waals surface area contributed by atoms with Crippen LogP contribution in [-0.4, -0.2) is 31.3 Å². The summed E-state index contributed by atoms with van der Waals surface area (Å²) in [5, 5.41) is 5.02. The van der Waals surface area contributed by atoms with Crippen molar-refractivity contribution in [2.45, 2.75) is 19.5 Å². The van der Waals surface area contributed by atoms with Crippen LogP contribution in [0.3, 0.4) is 0 Å².